The Hall–Kier alpha value is -3.34. The molecule has 10 nitrogen and oxygen atoms in total. The van der Waals surface area contributed by atoms with E-state index in [0.717, 1.165) is 10.6 Å². The highest BCUT2D eigenvalue weighted by atomic mass is 32.2. The molecule has 11 heteroatoms. The normalized spacial score (nSPS) is 12.0. The number of benzene rings is 2. The number of carbonyl (C=O) groups excluding carboxylic acids is 1. The predicted molar refractivity (Wildman–Crippen MR) is 113 cm³/mol. The van der Waals surface area contributed by atoms with E-state index in [2.05, 4.69) is 5.32 Å². The molecular weight excluding hydrogens is 414 g/mol. The number of amides is 1. The van der Waals surface area contributed by atoms with Gasteiger partial charge < -0.3 is 14.8 Å². The Morgan fingerprint density at radius 3 is 2.30 bits per heavy atom. The number of nitro benzene ring substituents is 1. The molecule has 1 amide bonds. The van der Waals surface area contributed by atoms with Crippen molar-refractivity contribution < 1.29 is 27.6 Å². The van der Waals surface area contributed by atoms with Gasteiger partial charge in [-0.3, -0.25) is 19.2 Å². The average molecular weight is 437 g/mol. The minimum atomic E-state index is -3.86. The molecule has 30 heavy (non-hydrogen) atoms. The highest BCUT2D eigenvalue weighted by molar-refractivity contribution is 7.92. The van der Waals surface area contributed by atoms with Gasteiger partial charge >= 0.3 is 0 Å². The molecule has 1 unspecified atom stereocenters. The lowest BCUT2D eigenvalue weighted by molar-refractivity contribution is -0.384. The third-order valence-electron chi connectivity index (χ3n) is 4.40. The largest absolute Gasteiger partial charge is 0.493 e. The van der Waals surface area contributed by atoms with Crippen LogP contribution in [0.25, 0.3) is 0 Å². The smallest absolute Gasteiger partial charge is 0.271 e. The highest BCUT2D eigenvalue weighted by Gasteiger charge is 2.30. The second-order valence-electron chi connectivity index (χ2n) is 6.52. The molecule has 0 aliphatic rings. The molecule has 2 aromatic rings. The maximum absolute atomic E-state index is 12.8. The van der Waals surface area contributed by atoms with E-state index in [1.165, 1.54) is 57.5 Å². The molecule has 0 aromatic heterocycles. The van der Waals surface area contributed by atoms with Gasteiger partial charge in [-0.2, -0.15) is 0 Å². The zero-order valence-electron chi connectivity index (χ0n) is 17.2. The number of hydrogen-bond donors (Lipinski definition) is 1. The zero-order valence-corrected chi connectivity index (χ0v) is 18.0. The Balaban J connectivity index is 2.41. The van der Waals surface area contributed by atoms with Crippen molar-refractivity contribution in [2.45, 2.75) is 19.9 Å². The van der Waals surface area contributed by atoms with Gasteiger partial charge in [0.25, 0.3) is 5.69 Å². The molecule has 0 bridgehead atoms. The molecule has 1 atom stereocenters. The molecule has 0 spiro atoms. The van der Waals surface area contributed by atoms with E-state index < -0.39 is 26.9 Å². The van der Waals surface area contributed by atoms with Gasteiger partial charge in [0.2, 0.25) is 15.9 Å². The monoisotopic (exact) mass is 437 g/mol. The summed E-state index contributed by atoms with van der Waals surface area (Å²) in [5.74, 6) is 0.0450. The van der Waals surface area contributed by atoms with Crippen LogP contribution in [-0.2, 0) is 14.8 Å². The van der Waals surface area contributed by atoms with Crippen LogP contribution >= 0.6 is 0 Å². The van der Waals surface area contributed by atoms with Crippen LogP contribution in [0.15, 0.2) is 36.4 Å². The van der Waals surface area contributed by atoms with Crippen molar-refractivity contribution >= 4 is 33.0 Å². The number of sulfonamides is 1. The molecule has 0 saturated carbocycles. The Bertz CT molecular complexity index is 1070. The van der Waals surface area contributed by atoms with E-state index >= 15 is 0 Å². The molecule has 2 rings (SSSR count). The van der Waals surface area contributed by atoms with Crippen LogP contribution in [-0.4, -0.2) is 45.8 Å². The number of nitrogens with one attached hydrogen (secondary N) is 1. The summed E-state index contributed by atoms with van der Waals surface area (Å²) in [4.78, 5) is 23.3. The Labute approximate surface area is 174 Å². The summed E-state index contributed by atoms with van der Waals surface area (Å²) in [7, 11) is -1.00. The Morgan fingerprint density at radius 1 is 1.13 bits per heavy atom. The maximum atomic E-state index is 12.8. The Kier molecular flexibility index (Phi) is 6.88. The van der Waals surface area contributed by atoms with E-state index in [1.54, 1.807) is 6.92 Å². The molecular formula is C19H23N3O7S. The van der Waals surface area contributed by atoms with Crippen molar-refractivity contribution in [3.8, 4) is 11.5 Å². The number of nitrogens with zero attached hydrogens (tertiary/aromatic N) is 2. The SMILES string of the molecule is COc1ccc(N(C(C)C(=O)Nc2cc([N+](=O)[O-])ccc2C)S(C)(=O)=O)cc1OC. The van der Waals surface area contributed by atoms with Crippen LogP contribution in [0.4, 0.5) is 17.1 Å². The standard InChI is InChI=1S/C19H23N3O7S/c1-12-6-7-15(22(24)25)10-16(12)20-19(23)13(2)21(30(5,26)27)14-8-9-17(28-3)18(11-14)29-4/h6-11,13H,1-5H3,(H,20,23). The fourth-order valence-electron chi connectivity index (χ4n) is 2.87. The first-order chi connectivity index (χ1) is 14.0. The lowest BCUT2D eigenvalue weighted by atomic mass is 10.1. The second-order valence-corrected chi connectivity index (χ2v) is 8.38. The van der Waals surface area contributed by atoms with Gasteiger partial charge in [-0.1, -0.05) is 6.07 Å². The summed E-state index contributed by atoms with van der Waals surface area (Å²) in [6, 6.07) is 7.36. The van der Waals surface area contributed by atoms with Crippen LogP contribution in [0.2, 0.25) is 0 Å². The molecule has 0 aliphatic carbocycles. The third kappa shape index (κ3) is 4.98. The Morgan fingerprint density at radius 2 is 1.77 bits per heavy atom. The number of ether oxygens (including phenoxy) is 2. The molecule has 2 aromatic carbocycles. The number of anilines is 2. The van der Waals surface area contributed by atoms with E-state index in [0.29, 0.717) is 17.1 Å². The van der Waals surface area contributed by atoms with Crippen molar-refractivity contribution in [1.29, 1.82) is 0 Å². The molecule has 0 radical (unpaired) electrons. The van der Waals surface area contributed by atoms with Gasteiger partial charge in [0.15, 0.2) is 11.5 Å². The maximum Gasteiger partial charge on any atom is 0.271 e. The van der Waals surface area contributed by atoms with Crippen molar-refractivity contribution in [3.05, 3.63) is 52.1 Å². The van der Waals surface area contributed by atoms with Crippen molar-refractivity contribution in [2.24, 2.45) is 0 Å². The number of carbonyl (C=O) groups is 1. The fraction of sp³-hybridized carbons (Fsp3) is 0.316. The van der Waals surface area contributed by atoms with Gasteiger partial charge in [0.05, 0.1) is 36.8 Å². The number of aryl methyl sites for hydroxylation is 1. The van der Waals surface area contributed by atoms with Crippen LogP contribution in [0.3, 0.4) is 0 Å². The summed E-state index contributed by atoms with van der Waals surface area (Å²) < 4.78 is 36.3. The first-order valence-electron chi connectivity index (χ1n) is 8.77. The molecule has 0 fully saturated rings. The summed E-state index contributed by atoms with van der Waals surface area (Å²) in [5.41, 5.74) is 0.831. The summed E-state index contributed by atoms with van der Waals surface area (Å²) in [5, 5.41) is 13.6. The van der Waals surface area contributed by atoms with Crippen molar-refractivity contribution in [3.63, 3.8) is 0 Å². The lowest BCUT2D eigenvalue weighted by Gasteiger charge is -2.28. The van der Waals surface area contributed by atoms with Gasteiger partial charge in [-0.15, -0.1) is 0 Å². The highest BCUT2D eigenvalue weighted by Crippen LogP contribution is 2.33. The van der Waals surface area contributed by atoms with Crippen LogP contribution in [0.1, 0.15) is 12.5 Å². The van der Waals surface area contributed by atoms with E-state index in [1.807, 2.05) is 0 Å². The molecule has 0 heterocycles. The topological polar surface area (TPSA) is 128 Å². The average Bonchev–Trinajstić information content (AvgIpc) is 2.68. The van der Waals surface area contributed by atoms with E-state index in [4.69, 9.17) is 9.47 Å². The minimum Gasteiger partial charge on any atom is -0.493 e. The summed E-state index contributed by atoms with van der Waals surface area (Å²) in [6.07, 6.45) is 0.978. The van der Waals surface area contributed by atoms with Crippen LogP contribution < -0.4 is 19.1 Å². The molecule has 162 valence electrons. The molecule has 1 N–H and O–H groups in total. The number of hydrogen-bond acceptors (Lipinski definition) is 7. The fourth-order valence-corrected chi connectivity index (χ4v) is 4.03. The van der Waals surface area contributed by atoms with Crippen LogP contribution in [0, 0.1) is 17.0 Å². The van der Waals surface area contributed by atoms with E-state index in [-0.39, 0.29) is 17.1 Å². The lowest BCUT2D eigenvalue weighted by Crippen LogP contribution is -2.45. The number of rotatable bonds is 8. The molecule has 0 saturated heterocycles. The summed E-state index contributed by atoms with van der Waals surface area (Å²) >= 11 is 0. The first-order valence-corrected chi connectivity index (χ1v) is 10.6. The van der Waals surface area contributed by atoms with Gasteiger partial charge in [-0.25, -0.2) is 8.42 Å². The zero-order chi connectivity index (χ0) is 22.6. The third-order valence-corrected chi connectivity index (χ3v) is 5.64. The number of methoxy groups -OCH3 is 2. The van der Waals surface area contributed by atoms with Crippen molar-refractivity contribution in [1.82, 2.24) is 0 Å². The predicted octanol–water partition coefficient (Wildman–Crippen LogP) is 2.71. The quantitative estimate of drug-likeness (QED) is 0.497. The first kappa shape index (κ1) is 22.9. The molecule has 0 aliphatic heterocycles. The summed E-state index contributed by atoms with van der Waals surface area (Å²) in [6.45, 7) is 3.09. The second kappa shape index (κ2) is 8.99. The minimum absolute atomic E-state index is 0.191. The van der Waals surface area contributed by atoms with Gasteiger partial charge in [0, 0.05) is 18.2 Å². The van der Waals surface area contributed by atoms with E-state index in [9.17, 15) is 23.3 Å². The number of non-ortho nitro benzene ring substituents is 1. The van der Waals surface area contributed by atoms with Gasteiger partial charge in [-0.05, 0) is 31.5 Å². The van der Waals surface area contributed by atoms with Crippen LogP contribution in [0.5, 0.6) is 11.5 Å². The van der Waals surface area contributed by atoms with Crippen molar-refractivity contribution in [2.75, 3.05) is 30.1 Å². The van der Waals surface area contributed by atoms with Gasteiger partial charge in [0.1, 0.15) is 6.04 Å². The number of nitro groups is 1.